The topological polar surface area (TPSA) is 49.8 Å². The molecule has 2 atom stereocenters. The van der Waals surface area contributed by atoms with Gasteiger partial charge in [-0.05, 0) is 26.3 Å². The second-order valence-electron chi connectivity index (χ2n) is 5.03. The summed E-state index contributed by atoms with van der Waals surface area (Å²) in [6, 6.07) is 9.72. The molecule has 4 heteroatoms. The molecule has 1 aliphatic heterocycles. The maximum absolute atomic E-state index is 11.8. The Balaban J connectivity index is 2.29. The van der Waals surface area contributed by atoms with Crippen LogP contribution in [0.4, 0.5) is 4.79 Å². The third-order valence-electron chi connectivity index (χ3n) is 3.76. The Bertz CT molecular complexity index is 444. The molecule has 98 valence electrons. The molecule has 0 aromatic heterocycles. The van der Waals surface area contributed by atoms with E-state index in [1.807, 2.05) is 37.3 Å². The Morgan fingerprint density at radius 1 is 1.28 bits per heavy atom. The van der Waals surface area contributed by atoms with Crippen LogP contribution in [0.5, 0.6) is 0 Å². The lowest BCUT2D eigenvalue weighted by molar-refractivity contribution is -0.134. The largest absolute Gasteiger partial charge is 0.438 e. The van der Waals surface area contributed by atoms with Crippen molar-refractivity contribution in [3.63, 3.8) is 0 Å². The van der Waals surface area contributed by atoms with Gasteiger partial charge in [0.25, 0.3) is 0 Å². The van der Waals surface area contributed by atoms with Crippen LogP contribution in [0.3, 0.4) is 0 Å². The number of aliphatic hydroxyl groups is 1. The molecule has 1 saturated heterocycles. The molecule has 1 amide bonds. The van der Waals surface area contributed by atoms with Gasteiger partial charge in [0.2, 0.25) is 0 Å². The quantitative estimate of drug-likeness (QED) is 0.893. The fourth-order valence-electron chi connectivity index (χ4n) is 2.43. The number of likely N-dealkylation sites (N-methyl/N-ethyl adjacent to an activating group) is 1. The van der Waals surface area contributed by atoms with Crippen LogP contribution in [0.1, 0.15) is 26.3 Å². The standard InChI is InChI=1S/C14H19NO3/c1-4-15-12(16)18-13(2,14(15,3)17)10-11-8-6-5-7-9-11/h5-9,17H,4,10H2,1-3H3. The van der Waals surface area contributed by atoms with Crippen LogP contribution in [0.15, 0.2) is 30.3 Å². The number of benzene rings is 1. The molecule has 0 radical (unpaired) electrons. The third kappa shape index (κ3) is 1.86. The predicted molar refractivity (Wildman–Crippen MR) is 68.0 cm³/mol. The second-order valence-corrected chi connectivity index (χ2v) is 5.03. The monoisotopic (exact) mass is 249 g/mol. The molecule has 2 rings (SSSR count). The molecule has 0 aliphatic carbocycles. The van der Waals surface area contributed by atoms with Crippen molar-refractivity contribution in [2.75, 3.05) is 6.54 Å². The highest BCUT2D eigenvalue weighted by Gasteiger charge is 2.58. The van der Waals surface area contributed by atoms with E-state index >= 15 is 0 Å². The summed E-state index contributed by atoms with van der Waals surface area (Å²) in [5.41, 5.74) is -1.19. The minimum Gasteiger partial charge on any atom is -0.438 e. The number of carbonyl (C=O) groups is 1. The van der Waals surface area contributed by atoms with Crippen LogP contribution in [0, 0.1) is 0 Å². The van der Waals surface area contributed by atoms with Crippen molar-refractivity contribution < 1.29 is 14.6 Å². The first-order valence-electron chi connectivity index (χ1n) is 6.17. The van der Waals surface area contributed by atoms with Gasteiger partial charge in [-0.15, -0.1) is 0 Å². The Morgan fingerprint density at radius 2 is 1.89 bits per heavy atom. The molecule has 1 fully saturated rings. The van der Waals surface area contributed by atoms with E-state index in [1.54, 1.807) is 13.8 Å². The first kappa shape index (κ1) is 12.9. The number of hydrogen-bond donors (Lipinski definition) is 1. The van der Waals surface area contributed by atoms with Gasteiger partial charge in [0.05, 0.1) is 0 Å². The molecule has 4 nitrogen and oxygen atoms in total. The van der Waals surface area contributed by atoms with E-state index in [-0.39, 0.29) is 0 Å². The summed E-state index contributed by atoms with van der Waals surface area (Å²) in [6.45, 7) is 5.65. The average Bonchev–Trinajstić information content (AvgIpc) is 2.46. The van der Waals surface area contributed by atoms with E-state index in [9.17, 15) is 9.90 Å². The number of hydrogen-bond acceptors (Lipinski definition) is 3. The van der Waals surface area contributed by atoms with Gasteiger partial charge < -0.3 is 9.84 Å². The summed E-state index contributed by atoms with van der Waals surface area (Å²) in [5.74, 6) is 0. The highest BCUT2D eigenvalue weighted by atomic mass is 16.6. The Hall–Kier alpha value is -1.55. The Kier molecular flexibility index (Phi) is 3.07. The van der Waals surface area contributed by atoms with Crippen molar-refractivity contribution in [2.24, 2.45) is 0 Å². The molecule has 1 aliphatic rings. The lowest BCUT2D eigenvalue weighted by atomic mass is 9.87. The van der Waals surface area contributed by atoms with E-state index < -0.39 is 17.4 Å². The smallest absolute Gasteiger partial charge is 0.412 e. The molecule has 18 heavy (non-hydrogen) atoms. The van der Waals surface area contributed by atoms with Gasteiger partial charge in [-0.2, -0.15) is 0 Å². The molecule has 0 saturated carbocycles. The van der Waals surface area contributed by atoms with Crippen LogP contribution in [-0.4, -0.2) is 34.0 Å². The van der Waals surface area contributed by atoms with Crippen molar-refractivity contribution in [1.82, 2.24) is 4.90 Å². The number of ether oxygens (including phenoxy) is 1. The van der Waals surface area contributed by atoms with E-state index in [0.717, 1.165) is 5.56 Å². The maximum atomic E-state index is 11.8. The van der Waals surface area contributed by atoms with E-state index in [0.29, 0.717) is 13.0 Å². The molecular weight excluding hydrogens is 230 g/mol. The average molecular weight is 249 g/mol. The predicted octanol–water partition coefficient (Wildman–Crippen LogP) is 2.17. The van der Waals surface area contributed by atoms with Gasteiger partial charge in [-0.1, -0.05) is 30.3 Å². The summed E-state index contributed by atoms with van der Waals surface area (Å²) < 4.78 is 5.41. The normalized spacial score (nSPS) is 31.6. The lowest BCUT2D eigenvalue weighted by Gasteiger charge is -2.37. The fraction of sp³-hybridized carbons (Fsp3) is 0.500. The van der Waals surface area contributed by atoms with Crippen molar-refractivity contribution in [3.8, 4) is 0 Å². The number of cyclic esters (lactones) is 1. The molecule has 1 aromatic rings. The summed E-state index contributed by atoms with van der Waals surface area (Å²) in [4.78, 5) is 13.1. The van der Waals surface area contributed by atoms with Crippen molar-refractivity contribution >= 4 is 6.09 Å². The van der Waals surface area contributed by atoms with Crippen molar-refractivity contribution in [1.29, 1.82) is 0 Å². The second kappa shape index (κ2) is 4.28. The summed E-state index contributed by atoms with van der Waals surface area (Å²) in [5, 5.41) is 10.6. The zero-order valence-electron chi connectivity index (χ0n) is 11.0. The van der Waals surface area contributed by atoms with Crippen molar-refractivity contribution in [2.45, 2.75) is 38.5 Å². The Labute approximate surface area is 107 Å². The van der Waals surface area contributed by atoms with Gasteiger partial charge >= 0.3 is 6.09 Å². The highest BCUT2D eigenvalue weighted by Crippen LogP contribution is 2.39. The summed E-state index contributed by atoms with van der Waals surface area (Å²) >= 11 is 0. The van der Waals surface area contributed by atoms with Gasteiger partial charge in [0, 0.05) is 13.0 Å². The zero-order valence-corrected chi connectivity index (χ0v) is 11.0. The van der Waals surface area contributed by atoms with Crippen LogP contribution in [0.2, 0.25) is 0 Å². The third-order valence-corrected chi connectivity index (χ3v) is 3.76. The van der Waals surface area contributed by atoms with Gasteiger partial charge in [-0.25, -0.2) is 4.79 Å². The Morgan fingerprint density at radius 3 is 2.39 bits per heavy atom. The van der Waals surface area contributed by atoms with Crippen LogP contribution in [0.25, 0.3) is 0 Å². The highest BCUT2D eigenvalue weighted by molar-refractivity contribution is 5.72. The SMILES string of the molecule is CCN1C(=O)OC(C)(Cc2ccccc2)C1(C)O. The molecule has 2 unspecified atom stereocenters. The molecule has 1 N–H and O–H groups in total. The maximum Gasteiger partial charge on any atom is 0.412 e. The van der Waals surface area contributed by atoms with Crippen LogP contribution >= 0.6 is 0 Å². The number of carbonyl (C=O) groups excluding carboxylic acids is 1. The summed E-state index contributed by atoms with van der Waals surface area (Å²) in [7, 11) is 0. The molecule has 1 aromatic carbocycles. The van der Waals surface area contributed by atoms with Crippen LogP contribution in [-0.2, 0) is 11.2 Å². The van der Waals surface area contributed by atoms with Gasteiger partial charge in [-0.3, -0.25) is 4.90 Å². The van der Waals surface area contributed by atoms with E-state index in [2.05, 4.69) is 0 Å². The molecule has 1 heterocycles. The van der Waals surface area contributed by atoms with E-state index in [1.165, 1.54) is 4.90 Å². The summed E-state index contributed by atoms with van der Waals surface area (Å²) in [6.07, 6.45) is 0.0317. The fourth-order valence-corrected chi connectivity index (χ4v) is 2.43. The lowest BCUT2D eigenvalue weighted by Crippen LogP contribution is -2.55. The number of amides is 1. The minimum absolute atomic E-state index is 0.427. The molecule has 0 spiro atoms. The van der Waals surface area contributed by atoms with Gasteiger partial charge in [0.15, 0.2) is 11.3 Å². The zero-order chi connectivity index (χ0) is 13.4. The van der Waals surface area contributed by atoms with Gasteiger partial charge in [0.1, 0.15) is 0 Å². The number of nitrogens with zero attached hydrogens (tertiary/aromatic N) is 1. The minimum atomic E-state index is -1.30. The molecule has 0 bridgehead atoms. The van der Waals surface area contributed by atoms with Crippen molar-refractivity contribution in [3.05, 3.63) is 35.9 Å². The first-order chi connectivity index (χ1) is 8.40. The number of rotatable bonds is 3. The van der Waals surface area contributed by atoms with E-state index in [4.69, 9.17) is 4.74 Å². The molecular formula is C14H19NO3. The first-order valence-corrected chi connectivity index (χ1v) is 6.17. The van der Waals surface area contributed by atoms with Crippen LogP contribution < -0.4 is 0 Å².